The van der Waals surface area contributed by atoms with Crippen LogP contribution >= 0.6 is 11.6 Å². The summed E-state index contributed by atoms with van der Waals surface area (Å²) in [5.41, 5.74) is -2.40. The van der Waals surface area contributed by atoms with Gasteiger partial charge in [0.1, 0.15) is 0 Å². The van der Waals surface area contributed by atoms with Crippen molar-refractivity contribution in [3.8, 4) is 0 Å². The number of hydrogen-bond donors (Lipinski definition) is 1. The Kier molecular flexibility index (Phi) is 3.72. The van der Waals surface area contributed by atoms with Crippen LogP contribution in [0.3, 0.4) is 0 Å². The topological polar surface area (TPSA) is 46.2 Å². The van der Waals surface area contributed by atoms with Crippen molar-refractivity contribution >= 4 is 28.4 Å². The minimum Gasteiger partial charge on any atom is -0.323 e. The first-order valence-electron chi connectivity index (χ1n) is 4.10. The van der Waals surface area contributed by atoms with Gasteiger partial charge in [-0.15, -0.1) is 0 Å². The summed E-state index contributed by atoms with van der Waals surface area (Å²) in [6.07, 6.45) is 0. The molecule has 17 heavy (non-hydrogen) atoms. The zero-order valence-electron chi connectivity index (χ0n) is 8.21. The number of carbonyl (C=O) groups excluding carboxylic acids is 2. The fourth-order valence-electron chi connectivity index (χ4n) is 1.11. The largest absolute Gasteiger partial charge is 0.323 e. The Bertz CT molecular complexity index is 518. The molecule has 1 N–H and O–H groups in total. The molecule has 0 atom stereocenters. The fourth-order valence-corrected chi connectivity index (χ4v) is 1.29. The van der Waals surface area contributed by atoms with Crippen molar-refractivity contribution in [3.05, 3.63) is 28.8 Å². The third-order valence-electron chi connectivity index (χ3n) is 1.76. The van der Waals surface area contributed by atoms with Gasteiger partial charge in [0.2, 0.25) is 5.91 Å². The highest BCUT2D eigenvalue weighted by Crippen LogP contribution is 2.29. The van der Waals surface area contributed by atoms with Gasteiger partial charge in [-0.3, -0.25) is 9.59 Å². The van der Waals surface area contributed by atoms with E-state index in [9.17, 15) is 27.2 Å². The fraction of sp³-hybridized carbons (Fsp3) is 0.111. The van der Waals surface area contributed by atoms with E-state index in [-0.39, 0.29) is 0 Å². The normalized spacial score (nSPS) is 10.2. The van der Waals surface area contributed by atoms with Gasteiger partial charge in [-0.25, -0.2) is 17.6 Å². The second kappa shape index (κ2) is 4.70. The van der Waals surface area contributed by atoms with E-state index >= 15 is 0 Å². The van der Waals surface area contributed by atoms with E-state index in [1.807, 2.05) is 0 Å². The molecule has 0 radical (unpaired) electrons. The molecule has 1 amide bonds. The van der Waals surface area contributed by atoms with Crippen molar-refractivity contribution in [1.29, 1.82) is 0 Å². The van der Waals surface area contributed by atoms with Crippen molar-refractivity contribution in [2.24, 2.45) is 0 Å². The van der Waals surface area contributed by atoms with E-state index in [4.69, 9.17) is 11.6 Å². The van der Waals surface area contributed by atoms with E-state index in [0.717, 1.165) is 6.92 Å². The second-order valence-electron chi connectivity index (χ2n) is 2.96. The van der Waals surface area contributed by atoms with Crippen LogP contribution in [0.25, 0.3) is 0 Å². The molecule has 1 aromatic carbocycles. The SMILES string of the molecule is CC(=O)Nc1c(F)c(F)c(F)c(F)c1C(=O)Cl. The lowest BCUT2D eigenvalue weighted by Crippen LogP contribution is -2.15. The monoisotopic (exact) mass is 269 g/mol. The predicted octanol–water partition coefficient (Wildman–Crippen LogP) is 2.58. The van der Waals surface area contributed by atoms with Gasteiger partial charge >= 0.3 is 0 Å². The molecule has 0 aliphatic heterocycles. The molecule has 0 aliphatic rings. The van der Waals surface area contributed by atoms with E-state index in [1.165, 1.54) is 0 Å². The van der Waals surface area contributed by atoms with Crippen LogP contribution in [-0.2, 0) is 4.79 Å². The van der Waals surface area contributed by atoms with Gasteiger partial charge in [-0.05, 0) is 11.6 Å². The van der Waals surface area contributed by atoms with Gasteiger partial charge in [-0.2, -0.15) is 0 Å². The molecule has 0 heterocycles. The van der Waals surface area contributed by atoms with Crippen LogP contribution in [-0.4, -0.2) is 11.1 Å². The Balaban J connectivity index is 3.65. The van der Waals surface area contributed by atoms with Gasteiger partial charge in [0.15, 0.2) is 23.3 Å². The number of anilines is 1. The molecule has 8 heteroatoms. The number of amides is 1. The summed E-state index contributed by atoms with van der Waals surface area (Å²) in [4.78, 5) is 21.5. The lowest BCUT2D eigenvalue weighted by Gasteiger charge is -2.10. The molecule has 3 nitrogen and oxygen atoms in total. The third-order valence-corrected chi connectivity index (χ3v) is 1.95. The van der Waals surface area contributed by atoms with Crippen molar-refractivity contribution < 1.29 is 27.2 Å². The maximum Gasteiger partial charge on any atom is 0.257 e. The Hall–Kier alpha value is -1.63. The van der Waals surface area contributed by atoms with Crippen molar-refractivity contribution in [2.45, 2.75) is 6.92 Å². The average molecular weight is 270 g/mol. The molecule has 0 saturated heterocycles. The number of nitrogens with one attached hydrogen (secondary N) is 1. The highest BCUT2D eigenvalue weighted by Gasteiger charge is 2.28. The maximum atomic E-state index is 13.2. The molecule has 0 aliphatic carbocycles. The zero-order chi connectivity index (χ0) is 13.3. The van der Waals surface area contributed by atoms with Crippen LogP contribution in [0, 0.1) is 23.3 Å². The number of halogens is 5. The quantitative estimate of drug-likeness (QED) is 0.388. The molecule has 0 spiro atoms. The molecule has 1 rings (SSSR count). The minimum absolute atomic E-state index is 0.904. The molecule has 0 bridgehead atoms. The summed E-state index contributed by atoms with van der Waals surface area (Å²) in [5, 5.41) is 0.100. The van der Waals surface area contributed by atoms with Gasteiger partial charge in [0, 0.05) is 6.92 Å². The van der Waals surface area contributed by atoms with Crippen LogP contribution in [0.1, 0.15) is 17.3 Å². The molecular weight excluding hydrogens is 266 g/mol. The molecule has 92 valence electrons. The summed E-state index contributed by atoms with van der Waals surface area (Å²) in [6, 6.07) is 0. The number of benzene rings is 1. The maximum absolute atomic E-state index is 13.2. The van der Waals surface area contributed by atoms with Crippen LogP contribution < -0.4 is 5.32 Å². The van der Waals surface area contributed by atoms with E-state index in [2.05, 4.69) is 0 Å². The Morgan fingerprint density at radius 2 is 1.47 bits per heavy atom. The molecule has 0 fully saturated rings. The second-order valence-corrected chi connectivity index (χ2v) is 3.30. The zero-order valence-corrected chi connectivity index (χ0v) is 8.96. The average Bonchev–Trinajstić information content (AvgIpc) is 2.22. The summed E-state index contributed by atoms with van der Waals surface area (Å²) in [7, 11) is 0. The van der Waals surface area contributed by atoms with Crippen molar-refractivity contribution in [3.63, 3.8) is 0 Å². The molecule has 1 aromatic rings. The first kappa shape index (κ1) is 13.4. The van der Waals surface area contributed by atoms with Crippen molar-refractivity contribution in [1.82, 2.24) is 0 Å². The minimum atomic E-state index is -2.18. The standard InChI is InChI=1S/C9H4ClF4NO2/c1-2(16)15-8-3(9(10)17)4(11)5(12)6(13)7(8)14/h1H3,(H,15,16). The Labute approximate surface area is 97.4 Å². The van der Waals surface area contributed by atoms with Crippen LogP contribution in [0.4, 0.5) is 23.2 Å². The van der Waals surface area contributed by atoms with Gasteiger partial charge < -0.3 is 5.32 Å². The van der Waals surface area contributed by atoms with E-state index < -0.39 is 45.7 Å². The van der Waals surface area contributed by atoms with Crippen molar-refractivity contribution in [2.75, 3.05) is 5.32 Å². The summed E-state index contributed by atoms with van der Waals surface area (Å²) in [6.45, 7) is 0.904. The van der Waals surface area contributed by atoms with Gasteiger partial charge in [0.05, 0.1) is 11.3 Å². The smallest absolute Gasteiger partial charge is 0.257 e. The number of hydrogen-bond acceptors (Lipinski definition) is 2. The summed E-state index contributed by atoms with van der Waals surface area (Å²) >= 11 is 4.91. The van der Waals surface area contributed by atoms with Gasteiger partial charge in [-0.1, -0.05) is 0 Å². The Morgan fingerprint density at radius 3 is 1.88 bits per heavy atom. The molecule has 0 aromatic heterocycles. The highest BCUT2D eigenvalue weighted by molar-refractivity contribution is 6.68. The highest BCUT2D eigenvalue weighted by atomic mass is 35.5. The lowest BCUT2D eigenvalue weighted by molar-refractivity contribution is -0.114. The lowest BCUT2D eigenvalue weighted by atomic mass is 10.1. The first-order valence-corrected chi connectivity index (χ1v) is 4.48. The third kappa shape index (κ3) is 2.38. The molecular formula is C9H4ClF4NO2. The van der Waals surface area contributed by atoms with Gasteiger partial charge in [0.25, 0.3) is 5.24 Å². The van der Waals surface area contributed by atoms with E-state index in [0.29, 0.717) is 0 Å². The summed E-state index contributed by atoms with van der Waals surface area (Å²) in [5.74, 6) is -9.10. The first-order chi connectivity index (χ1) is 7.77. The van der Waals surface area contributed by atoms with Crippen LogP contribution in [0.5, 0.6) is 0 Å². The summed E-state index contributed by atoms with van der Waals surface area (Å²) < 4.78 is 52.0. The molecule has 0 saturated carbocycles. The van der Waals surface area contributed by atoms with Crippen LogP contribution in [0.2, 0.25) is 0 Å². The number of carbonyl (C=O) groups is 2. The van der Waals surface area contributed by atoms with Crippen LogP contribution in [0.15, 0.2) is 0 Å². The number of rotatable bonds is 2. The predicted molar refractivity (Wildman–Crippen MR) is 50.8 cm³/mol. The molecule has 0 unspecified atom stereocenters. The van der Waals surface area contributed by atoms with E-state index in [1.54, 1.807) is 5.32 Å². The Morgan fingerprint density at radius 1 is 1.00 bits per heavy atom.